The van der Waals surface area contributed by atoms with E-state index in [1.54, 1.807) is 12.1 Å². The summed E-state index contributed by atoms with van der Waals surface area (Å²) in [6.45, 7) is 1.75. The lowest BCUT2D eigenvalue weighted by Gasteiger charge is -2.33. The molecular formula is C30H26Cl2F3N. The monoisotopic (exact) mass is 527 g/mol. The average molecular weight is 528 g/mol. The quantitative estimate of drug-likeness (QED) is 0.310. The lowest BCUT2D eigenvalue weighted by Crippen LogP contribution is -2.40. The number of halogens is 5. The fraction of sp³-hybridized carbons (Fsp3) is 0.267. The molecule has 0 N–H and O–H groups in total. The minimum absolute atomic E-state index is 0.0364. The zero-order chi connectivity index (χ0) is 25.2. The molecular weight excluding hydrogens is 502 g/mol. The van der Waals surface area contributed by atoms with Crippen molar-refractivity contribution >= 4 is 40.4 Å². The molecule has 0 aromatic heterocycles. The Kier molecular flexibility index (Phi) is 7.57. The normalized spacial score (nSPS) is 16.0. The van der Waals surface area contributed by atoms with Crippen molar-refractivity contribution in [2.45, 2.75) is 25.7 Å². The van der Waals surface area contributed by atoms with Crippen molar-refractivity contribution in [3.05, 3.63) is 110 Å². The molecule has 1 fully saturated rings. The molecule has 36 heavy (non-hydrogen) atoms. The molecule has 0 atom stereocenters. The van der Waals surface area contributed by atoms with Crippen LogP contribution in [0.1, 0.15) is 47.1 Å². The SMILES string of the molecule is FCCCN1CC(=Cc2cc(F)c(C3=C(c4ccc(Cl)cc4Cl)CCCc4ccccc43)c(F)c2)C1. The van der Waals surface area contributed by atoms with Gasteiger partial charge in [-0.25, -0.2) is 8.78 Å². The smallest absolute Gasteiger partial charge is 0.134 e. The van der Waals surface area contributed by atoms with Crippen LogP contribution in [0.15, 0.2) is 60.2 Å². The molecule has 1 heterocycles. The van der Waals surface area contributed by atoms with Crippen LogP contribution in [-0.2, 0) is 6.42 Å². The van der Waals surface area contributed by atoms with Crippen molar-refractivity contribution in [1.29, 1.82) is 0 Å². The number of nitrogens with zero attached hydrogens (tertiary/aromatic N) is 1. The second-order valence-electron chi connectivity index (χ2n) is 9.40. The number of hydrogen-bond donors (Lipinski definition) is 0. The van der Waals surface area contributed by atoms with Crippen LogP contribution in [0.25, 0.3) is 17.2 Å². The van der Waals surface area contributed by atoms with Gasteiger partial charge < -0.3 is 0 Å². The largest absolute Gasteiger partial charge is 0.295 e. The van der Waals surface area contributed by atoms with Gasteiger partial charge in [0.05, 0.1) is 12.2 Å². The molecule has 5 rings (SSSR count). The number of likely N-dealkylation sites (tertiary alicyclic amines) is 1. The molecule has 0 radical (unpaired) electrons. The average Bonchev–Trinajstić information content (AvgIpc) is 3.00. The standard InChI is InChI=1S/C30H26Cl2F3N/c31-22-9-10-24(26(32)16-22)25-8-3-6-21-5-1-2-7-23(21)29(25)30-27(34)14-19(15-28(30)35)13-20-17-36(18-20)12-4-11-33/h1-2,5,7,9-10,13-16H,3-4,6,8,11-12,17-18H2. The number of aryl methyl sites for hydroxylation is 1. The molecule has 0 bridgehead atoms. The molecule has 0 saturated carbocycles. The summed E-state index contributed by atoms with van der Waals surface area (Å²) in [4.78, 5) is 2.11. The van der Waals surface area contributed by atoms with Crippen molar-refractivity contribution in [2.75, 3.05) is 26.3 Å². The van der Waals surface area contributed by atoms with Gasteiger partial charge in [0, 0.05) is 29.7 Å². The van der Waals surface area contributed by atoms with Crippen molar-refractivity contribution in [3.63, 3.8) is 0 Å². The van der Waals surface area contributed by atoms with Gasteiger partial charge >= 0.3 is 0 Å². The lowest BCUT2D eigenvalue weighted by atomic mass is 9.86. The highest BCUT2D eigenvalue weighted by atomic mass is 35.5. The van der Waals surface area contributed by atoms with Gasteiger partial charge in [0.1, 0.15) is 11.6 Å². The van der Waals surface area contributed by atoms with E-state index in [1.165, 1.54) is 12.1 Å². The molecule has 2 aliphatic rings. The third-order valence-corrected chi connectivity index (χ3v) is 7.41. The molecule has 1 saturated heterocycles. The Morgan fingerprint density at radius 1 is 0.889 bits per heavy atom. The topological polar surface area (TPSA) is 3.24 Å². The Hall–Kier alpha value is -2.53. The van der Waals surface area contributed by atoms with Crippen LogP contribution < -0.4 is 0 Å². The minimum Gasteiger partial charge on any atom is -0.295 e. The number of hydrogen-bond acceptors (Lipinski definition) is 1. The number of fused-ring (bicyclic) bond motifs is 1. The Morgan fingerprint density at radius 2 is 1.64 bits per heavy atom. The van der Waals surface area contributed by atoms with Crippen LogP contribution in [0.5, 0.6) is 0 Å². The molecule has 1 nitrogen and oxygen atoms in total. The first-order valence-electron chi connectivity index (χ1n) is 12.2. The Balaban J connectivity index is 1.61. The van der Waals surface area contributed by atoms with Gasteiger partial charge in [-0.05, 0) is 88.9 Å². The van der Waals surface area contributed by atoms with Crippen molar-refractivity contribution in [1.82, 2.24) is 4.90 Å². The van der Waals surface area contributed by atoms with E-state index in [0.717, 1.165) is 40.7 Å². The highest BCUT2D eigenvalue weighted by molar-refractivity contribution is 6.36. The van der Waals surface area contributed by atoms with E-state index in [2.05, 4.69) is 4.90 Å². The van der Waals surface area contributed by atoms with E-state index in [4.69, 9.17) is 23.2 Å². The molecule has 3 aromatic rings. The van der Waals surface area contributed by atoms with E-state index < -0.39 is 11.6 Å². The summed E-state index contributed by atoms with van der Waals surface area (Å²) in [6, 6.07) is 15.8. The molecule has 3 aromatic carbocycles. The molecule has 1 aliphatic heterocycles. The third-order valence-electron chi connectivity index (χ3n) is 6.86. The first-order valence-corrected chi connectivity index (χ1v) is 12.9. The number of rotatable bonds is 6. The van der Waals surface area contributed by atoms with Crippen molar-refractivity contribution in [2.24, 2.45) is 0 Å². The van der Waals surface area contributed by atoms with E-state index in [1.807, 2.05) is 36.4 Å². The summed E-state index contributed by atoms with van der Waals surface area (Å²) < 4.78 is 44.0. The van der Waals surface area contributed by atoms with Crippen LogP contribution in [0.3, 0.4) is 0 Å². The van der Waals surface area contributed by atoms with E-state index in [0.29, 0.717) is 53.7 Å². The second kappa shape index (κ2) is 10.8. The van der Waals surface area contributed by atoms with Crippen molar-refractivity contribution in [3.8, 4) is 0 Å². The van der Waals surface area contributed by atoms with Crippen LogP contribution >= 0.6 is 23.2 Å². The van der Waals surface area contributed by atoms with Gasteiger partial charge in [-0.15, -0.1) is 0 Å². The predicted octanol–water partition coefficient (Wildman–Crippen LogP) is 8.63. The lowest BCUT2D eigenvalue weighted by molar-refractivity contribution is 0.239. The maximum atomic E-state index is 15.8. The van der Waals surface area contributed by atoms with Crippen LogP contribution in [0.2, 0.25) is 10.0 Å². The summed E-state index contributed by atoms with van der Waals surface area (Å²) in [5, 5.41) is 0.966. The van der Waals surface area contributed by atoms with Crippen molar-refractivity contribution < 1.29 is 13.2 Å². The maximum Gasteiger partial charge on any atom is 0.134 e. The molecule has 1 aliphatic carbocycles. The Morgan fingerprint density at radius 3 is 2.36 bits per heavy atom. The van der Waals surface area contributed by atoms with Gasteiger partial charge in [0.25, 0.3) is 0 Å². The molecule has 186 valence electrons. The van der Waals surface area contributed by atoms with E-state index >= 15 is 8.78 Å². The highest BCUT2D eigenvalue weighted by Gasteiger charge is 2.26. The first-order chi connectivity index (χ1) is 17.4. The maximum absolute atomic E-state index is 15.8. The summed E-state index contributed by atoms with van der Waals surface area (Å²) in [6.07, 6.45) is 4.60. The molecule has 0 spiro atoms. The van der Waals surface area contributed by atoms with Gasteiger partial charge in [0.15, 0.2) is 0 Å². The van der Waals surface area contributed by atoms with Crippen LogP contribution in [-0.4, -0.2) is 31.2 Å². The highest BCUT2D eigenvalue weighted by Crippen LogP contribution is 2.43. The fourth-order valence-corrected chi connectivity index (χ4v) is 5.75. The summed E-state index contributed by atoms with van der Waals surface area (Å²) in [5.74, 6) is -1.21. The van der Waals surface area contributed by atoms with Crippen LogP contribution in [0, 0.1) is 11.6 Å². The predicted molar refractivity (Wildman–Crippen MR) is 143 cm³/mol. The van der Waals surface area contributed by atoms with Gasteiger partial charge in [-0.1, -0.05) is 59.6 Å². The van der Waals surface area contributed by atoms with E-state index in [-0.39, 0.29) is 12.2 Å². The van der Waals surface area contributed by atoms with Gasteiger partial charge in [-0.2, -0.15) is 0 Å². The Labute approximate surface area is 219 Å². The second-order valence-corrected chi connectivity index (χ2v) is 10.2. The zero-order valence-electron chi connectivity index (χ0n) is 19.8. The summed E-state index contributed by atoms with van der Waals surface area (Å²) in [7, 11) is 0. The van der Waals surface area contributed by atoms with Gasteiger partial charge in [0.2, 0.25) is 0 Å². The fourth-order valence-electron chi connectivity index (χ4n) is 5.23. The first kappa shape index (κ1) is 25.1. The third kappa shape index (κ3) is 5.13. The number of alkyl halides is 1. The molecule has 0 unspecified atom stereocenters. The zero-order valence-corrected chi connectivity index (χ0v) is 21.3. The summed E-state index contributed by atoms with van der Waals surface area (Å²) in [5.41, 5.74) is 5.50. The number of allylic oxidation sites excluding steroid dienone is 1. The molecule has 0 amide bonds. The summed E-state index contributed by atoms with van der Waals surface area (Å²) >= 11 is 12.7. The number of benzene rings is 3. The van der Waals surface area contributed by atoms with Gasteiger partial charge in [-0.3, -0.25) is 9.29 Å². The Bertz CT molecular complexity index is 1330. The minimum atomic E-state index is -0.607. The van der Waals surface area contributed by atoms with Crippen LogP contribution in [0.4, 0.5) is 13.2 Å². The molecule has 6 heteroatoms. The van der Waals surface area contributed by atoms with E-state index in [9.17, 15) is 4.39 Å².